The number of hydrogen-bond acceptors (Lipinski definition) is 5. The minimum absolute atomic E-state index is 0.101. The van der Waals surface area contributed by atoms with E-state index in [-0.39, 0.29) is 19.1 Å². The smallest absolute Gasteiger partial charge is 0.252 e. The molecule has 0 bridgehead atoms. The lowest BCUT2D eigenvalue weighted by molar-refractivity contribution is -0.158. The van der Waals surface area contributed by atoms with Gasteiger partial charge in [0.25, 0.3) is 5.91 Å². The van der Waals surface area contributed by atoms with Gasteiger partial charge in [0.1, 0.15) is 18.1 Å². The second-order valence-corrected chi connectivity index (χ2v) is 4.94. The zero-order chi connectivity index (χ0) is 13.3. The van der Waals surface area contributed by atoms with E-state index in [2.05, 4.69) is 10.6 Å². The van der Waals surface area contributed by atoms with Gasteiger partial charge in [0.05, 0.1) is 13.2 Å². The van der Waals surface area contributed by atoms with Crippen molar-refractivity contribution in [3.63, 3.8) is 0 Å². The molecule has 3 amide bonds. The van der Waals surface area contributed by atoms with E-state index in [1.165, 1.54) is 4.90 Å². The number of carbonyl (C=O) groups is 3. The number of piperazine rings is 1. The van der Waals surface area contributed by atoms with Gasteiger partial charge in [-0.3, -0.25) is 19.7 Å². The predicted octanol–water partition coefficient (Wildman–Crippen LogP) is -1.76. The first kappa shape index (κ1) is 13.0. The van der Waals surface area contributed by atoms with Gasteiger partial charge >= 0.3 is 0 Å². The molecule has 2 aliphatic heterocycles. The van der Waals surface area contributed by atoms with Crippen LogP contribution in [0.15, 0.2) is 0 Å². The summed E-state index contributed by atoms with van der Waals surface area (Å²) in [4.78, 5) is 36.7. The standard InChI is InChI=1S/C11H17N3O4/c1-11(2)10(17)13-8(15)5-14(11)9(16)7-6-18-4-3-12-7/h7,12H,3-6H2,1-2H3,(H,13,15,17). The summed E-state index contributed by atoms with van der Waals surface area (Å²) in [5.74, 6) is -1.18. The van der Waals surface area contributed by atoms with Crippen LogP contribution in [0.1, 0.15) is 13.8 Å². The van der Waals surface area contributed by atoms with Crippen molar-refractivity contribution in [1.82, 2.24) is 15.5 Å². The van der Waals surface area contributed by atoms with E-state index in [0.717, 1.165) is 0 Å². The fourth-order valence-electron chi connectivity index (χ4n) is 2.05. The largest absolute Gasteiger partial charge is 0.378 e. The highest BCUT2D eigenvalue weighted by molar-refractivity contribution is 6.06. The van der Waals surface area contributed by atoms with Gasteiger partial charge in [-0.25, -0.2) is 0 Å². The van der Waals surface area contributed by atoms with Crippen LogP contribution < -0.4 is 10.6 Å². The molecule has 1 unspecified atom stereocenters. The maximum absolute atomic E-state index is 12.3. The third kappa shape index (κ3) is 2.23. The van der Waals surface area contributed by atoms with Gasteiger partial charge in [-0.2, -0.15) is 0 Å². The van der Waals surface area contributed by atoms with Gasteiger partial charge in [-0.05, 0) is 13.8 Å². The number of carbonyl (C=O) groups excluding carboxylic acids is 3. The number of nitrogens with zero attached hydrogens (tertiary/aromatic N) is 1. The molecular formula is C11H17N3O4. The first-order valence-corrected chi connectivity index (χ1v) is 5.90. The second-order valence-electron chi connectivity index (χ2n) is 4.94. The molecule has 0 radical (unpaired) electrons. The number of imide groups is 1. The SMILES string of the molecule is CC1(C)C(=O)NC(=O)CN1C(=O)C1COCCN1. The van der Waals surface area contributed by atoms with Crippen LogP contribution in [0.3, 0.4) is 0 Å². The Labute approximate surface area is 105 Å². The molecule has 1 atom stereocenters. The van der Waals surface area contributed by atoms with Crippen LogP contribution in [-0.4, -0.2) is 60.5 Å². The van der Waals surface area contributed by atoms with Crippen LogP contribution >= 0.6 is 0 Å². The molecule has 0 aromatic heterocycles. The topological polar surface area (TPSA) is 87.7 Å². The highest BCUT2D eigenvalue weighted by atomic mass is 16.5. The molecule has 2 aliphatic rings. The first-order chi connectivity index (χ1) is 8.43. The second kappa shape index (κ2) is 4.66. The van der Waals surface area contributed by atoms with Crippen LogP contribution in [-0.2, 0) is 19.1 Å². The summed E-state index contributed by atoms with van der Waals surface area (Å²) in [6.45, 7) is 4.56. The number of amides is 3. The van der Waals surface area contributed by atoms with Gasteiger partial charge in [-0.15, -0.1) is 0 Å². The minimum atomic E-state index is -1.02. The van der Waals surface area contributed by atoms with Crippen molar-refractivity contribution in [2.45, 2.75) is 25.4 Å². The molecule has 7 heteroatoms. The van der Waals surface area contributed by atoms with Gasteiger partial charge in [0.15, 0.2) is 0 Å². The molecule has 2 rings (SSSR count). The zero-order valence-corrected chi connectivity index (χ0v) is 10.5. The van der Waals surface area contributed by atoms with Gasteiger partial charge in [0.2, 0.25) is 11.8 Å². The molecule has 18 heavy (non-hydrogen) atoms. The van der Waals surface area contributed by atoms with Crippen molar-refractivity contribution in [1.29, 1.82) is 0 Å². The average molecular weight is 255 g/mol. The normalized spacial score (nSPS) is 27.9. The molecule has 7 nitrogen and oxygen atoms in total. The van der Waals surface area contributed by atoms with Crippen LogP contribution in [0.5, 0.6) is 0 Å². The third-order valence-corrected chi connectivity index (χ3v) is 3.27. The molecule has 2 heterocycles. The number of nitrogens with one attached hydrogen (secondary N) is 2. The maximum Gasteiger partial charge on any atom is 0.252 e. The Bertz CT molecular complexity index is 388. The van der Waals surface area contributed by atoms with E-state index in [1.54, 1.807) is 13.8 Å². The van der Waals surface area contributed by atoms with Gasteiger partial charge in [0, 0.05) is 6.54 Å². The van der Waals surface area contributed by atoms with E-state index >= 15 is 0 Å². The Hall–Kier alpha value is -1.47. The summed E-state index contributed by atoms with van der Waals surface area (Å²) < 4.78 is 5.22. The first-order valence-electron chi connectivity index (χ1n) is 5.90. The van der Waals surface area contributed by atoms with Crippen LogP contribution in [0, 0.1) is 0 Å². The summed E-state index contributed by atoms with van der Waals surface area (Å²) >= 11 is 0. The summed E-state index contributed by atoms with van der Waals surface area (Å²) in [6.07, 6.45) is 0. The Morgan fingerprint density at radius 1 is 1.44 bits per heavy atom. The fourth-order valence-corrected chi connectivity index (χ4v) is 2.05. The molecule has 2 fully saturated rings. The van der Waals surface area contributed by atoms with E-state index in [1.807, 2.05) is 0 Å². The quantitative estimate of drug-likeness (QED) is 0.542. The van der Waals surface area contributed by atoms with Crippen molar-refractivity contribution in [3.8, 4) is 0 Å². The summed E-state index contributed by atoms with van der Waals surface area (Å²) in [7, 11) is 0. The number of rotatable bonds is 1. The molecule has 0 aliphatic carbocycles. The Kier molecular flexibility index (Phi) is 3.36. The van der Waals surface area contributed by atoms with Crippen molar-refractivity contribution >= 4 is 17.7 Å². The van der Waals surface area contributed by atoms with Crippen LogP contribution in [0.4, 0.5) is 0 Å². The minimum Gasteiger partial charge on any atom is -0.378 e. The number of hydrogen-bond donors (Lipinski definition) is 2. The summed E-state index contributed by atoms with van der Waals surface area (Å²) in [6, 6.07) is -0.489. The average Bonchev–Trinajstić information content (AvgIpc) is 2.34. The lowest BCUT2D eigenvalue weighted by Gasteiger charge is -2.42. The van der Waals surface area contributed by atoms with Crippen LogP contribution in [0.2, 0.25) is 0 Å². The Morgan fingerprint density at radius 2 is 2.17 bits per heavy atom. The fraction of sp³-hybridized carbons (Fsp3) is 0.727. The van der Waals surface area contributed by atoms with Crippen molar-refractivity contribution < 1.29 is 19.1 Å². The highest BCUT2D eigenvalue weighted by Gasteiger charge is 2.45. The molecule has 100 valence electrons. The lowest BCUT2D eigenvalue weighted by atomic mass is 9.97. The molecule has 0 saturated carbocycles. The number of morpholine rings is 1. The summed E-state index contributed by atoms with van der Waals surface area (Å²) in [5, 5.41) is 5.26. The van der Waals surface area contributed by atoms with E-state index in [9.17, 15) is 14.4 Å². The molecule has 0 spiro atoms. The molecular weight excluding hydrogens is 238 g/mol. The van der Waals surface area contributed by atoms with Crippen molar-refractivity contribution in [2.24, 2.45) is 0 Å². The predicted molar refractivity (Wildman–Crippen MR) is 61.6 cm³/mol. The Morgan fingerprint density at radius 3 is 2.78 bits per heavy atom. The van der Waals surface area contributed by atoms with Crippen LogP contribution in [0.25, 0.3) is 0 Å². The van der Waals surface area contributed by atoms with Gasteiger partial charge in [-0.1, -0.05) is 0 Å². The van der Waals surface area contributed by atoms with Crippen molar-refractivity contribution in [3.05, 3.63) is 0 Å². The van der Waals surface area contributed by atoms with Gasteiger partial charge < -0.3 is 15.0 Å². The van der Waals surface area contributed by atoms with E-state index < -0.39 is 23.4 Å². The Balaban J connectivity index is 2.16. The lowest BCUT2D eigenvalue weighted by Crippen LogP contribution is -2.68. The molecule has 2 saturated heterocycles. The van der Waals surface area contributed by atoms with E-state index in [0.29, 0.717) is 13.2 Å². The maximum atomic E-state index is 12.3. The third-order valence-electron chi connectivity index (χ3n) is 3.27. The van der Waals surface area contributed by atoms with E-state index in [4.69, 9.17) is 4.74 Å². The van der Waals surface area contributed by atoms with Crippen molar-refractivity contribution in [2.75, 3.05) is 26.3 Å². The molecule has 0 aromatic carbocycles. The zero-order valence-electron chi connectivity index (χ0n) is 10.5. The number of ether oxygens (including phenoxy) is 1. The highest BCUT2D eigenvalue weighted by Crippen LogP contribution is 2.19. The molecule has 2 N–H and O–H groups in total. The molecule has 0 aromatic rings. The summed E-state index contributed by atoms with van der Waals surface area (Å²) in [5.41, 5.74) is -1.02. The monoisotopic (exact) mass is 255 g/mol.